The smallest absolute Gasteiger partial charge is 0.308 e. The van der Waals surface area contributed by atoms with Gasteiger partial charge in [0, 0.05) is 5.41 Å². The molecule has 0 radical (unpaired) electrons. The molecule has 0 aliphatic rings. The molecule has 1 unspecified atom stereocenters. The molecule has 0 aromatic carbocycles. The summed E-state index contributed by atoms with van der Waals surface area (Å²) in [5.41, 5.74) is -2.11. The van der Waals surface area contributed by atoms with Crippen LogP contribution < -0.4 is 0 Å². The van der Waals surface area contributed by atoms with Gasteiger partial charge in [0.1, 0.15) is 6.29 Å². The Morgan fingerprint density at radius 1 is 1.24 bits per heavy atom. The van der Waals surface area contributed by atoms with Crippen LogP contribution in [0.15, 0.2) is 0 Å². The fourth-order valence-electron chi connectivity index (χ4n) is 1.28. The van der Waals surface area contributed by atoms with Crippen LogP contribution in [0, 0.1) is 5.41 Å². The molecule has 0 aromatic heterocycles. The minimum absolute atomic E-state index is 0.124. The fraction of sp³-hybridized carbons (Fsp3) is 0.818. The summed E-state index contributed by atoms with van der Waals surface area (Å²) < 4.78 is 22.4. The normalized spacial score (nSPS) is 14.4. The Bertz CT molecular complexity index is 308. The van der Waals surface area contributed by atoms with Crippen LogP contribution in [-0.2, 0) is 23.2 Å². The number of aldehydes is 1. The zero-order valence-corrected chi connectivity index (χ0v) is 12.0. The first-order valence-corrected chi connectivity index (χ1v) is 7.22. The molecular weight excluding hydrogens is 243 g/mol. The predicted molar refractivity (Wildman–Crippen MR) is 65.2 cm³/mol. The van der Waals surface area contributed by atoms with E-state index in [2.05, 4.69) is 0 Å². The SMILES string of the molecule is CCOP(=O)(OCC)C(C=O)C(=O)C(C)(C)C. The molecule has 0 saturated heterocycles. The summed E-state index contributed by atoms with van der Waals surface area (Å²) in [5, 5.41) is 0. The molecule has 100 valence electrons. The second-order valence-corrected chi connectivity index (χ2v) is 6.72. The van der Waals surface area contributed by atoms with E-state index >= 15 is 0 Å². The van der Waals surface area contributed by atoms with Crippen molar-refractivity contribution in [2.75, 3.05) is 13.2 Å². The van der Waals surface area contributed by atoms with Crippen LogP contribution in [0.5, 0.6) is 0 Å². The molecule has 0 aliphatic heterocycles. The lowest BCUT2D eigenvalue weighted by Crippen LogP contribution is -2.34. The number of hydrogen-bond donors (Lipinski definition) is 0. The summed E-state index contributed by atoms with van der Waals surface area (Å²) in [4.78, 5) is 23.1. The molecule has 5 nitrogen and oxygen atoms in total. The minimum Gasteiger partial charge on any atom is -0.308 e. The van der Waals surface area contributed by atoms with Crippen LogP contribution in [0.1, 0.15) is 34.6 Å². The van der Waals surface area contributed by atoms with Crippen molar-refractivity contribution in [3.63, 3.8) is 0 Å². The van der Waals surface area contributed by atoms with E-state index in [1.807, 2.05) is 0 Å². The molecule has 0 N–H and O–H groups in total. The molecule has 0 aliphatic carbocycles. The molecule has 0 spiro atoms. The second kappa shape index (κ2) is 6.43. The van der Waals surface area contributed by atoms with Crippen molar-refractivity contribution in [1.82, 2.24) is 0 Å². The largest absolute Gasteiger partial charge is 0.348 e. The van der Waals surface area contributed by atoms with Crippen LogP contribution in [0.25, 0.3) is 0 Å². The Morgan fingerprint density at radius 3 is 1.88 bits per heavy atom. The number of ketones is 1. The van der Waals surface area contributed by atoms with Gasteiger partial charge in [0.25, 0.3) is 0 Å². The molecule has 0 aromatic rings. The van der Waals surface area contributed by atoms with Crippen molar-refractivity contribution >= 4 is 19.7 Å². The first-order valence-electron chi connectivity index (χ1n) is 5.61. The maximum Gasteiger partial charge on any atom is 0.348 e. The van der Waals surface area contributed by atoms with Gasteiger partial charge < -0.3 is 13.8 Å². The Morgan fingerprint density at radius 2 is 1.65 bits per heavy atom. The molecule has 0 bridgehead atoms. The van der Waals surface area contributed by atoms with Gasteiger partial charge in [-0.15, -0.1) is 0 Å². The molecule has 0 heterocycles. The average molecular weight is 264 g/mol. The maximum atomic E-state index is 12.3. The Balaban J connectivity index is 5.25. The maximum absolute atomic E-state index is 12.3. The lowest BCUT2D eigenvalue weighted by atomic mass is 9.89. The molecule has 0 saturated carbocycles. The van der Waals surface area contributed by atoms with Crippen molar-refractivity contribution in [3.8, 4) is 0 Å². The minimum atomic E-state index is -3.70. The molecule has 6 heteroatoms. The highest BCUT2D eigenvalue weighted by molar-refractivity contribution is 7.56. The number of carbonyl (C=O) groups excluding carboxylic acids is 2. The van der Waals surface area contributed by atoms with Crippen LogP contribution in [0.2, 0.25) is 0 Å². The highest BCUT2D eigenvalue weighted by Gasteiger charge is 2.44. The molecule has 0 rings (SSSR count). The third-order valence-corrected chi connectivity index (χ3v) is 4.37. The summed E-state index contributed by atoms with van der Waals surface area (Å²) in [7, 11) is -3.70. The van der Waals surface area contributed by atoms with Gasteiger partial charge in [-0.25, -0.2) is 0 Å². The van der Waals surface area contributed by atoms with Crippen molar-refractivity contribution in [2.24, 2.45) is 5.41 Å². The predicted octanol–water partition coefficient (Wildman–Crippen LogP) is 2.44. The number of Topliss-reactive ketones (excluding diaryl/α,β-unsaturated/α-hetero) is 1. The summed E-state index contributed by atoms with van der Waals surface area (Å²) >= 11 is 0. The van der Waals surface area contributed by atoms with Gasteiger partial charge in [0.15, 0.2) is 11.4 Å². The molecule has 1 atom stereocenters. The number of hydrogen-bond acceptors (Lipinski definition) is 5. The quantitative estimate of drug-likeness (QED) is 0.401. The second-order valence-electron chi connectivity index (χ2n) is 4.57. The summed E-state index contributed by atoms with van der Waals surface area (Å²) in [6.45, 7) is 8.50. The van der Waals surface area contributed by atoms with E-state index < -0.39 is 24.5 Å². The van der Waals surface area contributed by atoms with Gasteiger partial charge in [-0.3, -0.25) is 9.36 Å². The van der Waals surface area contributed by atoms with E-state index in [-0.39, 0.29) is 13.2 Å². The van der Waals surface area contributed by atoms with Crippen molar-refractivity contribution in [3.05, 3.63) is 0 Å². The Hall–Kier alpha value is -0.510. The van der Waals surface area contributed by atoms with Crippen LogP contribution >= 0.6 is 7.60 Å². The molecule has 0 amide bonds. The summed E-state index contributed by atoms with van der Waals surface area (Å²) in [6.07, 6.45) is 0.361. The molecule has 0 fully saturated rings. The van der Waals surface area contributed by atoms with E-state index in [0.29, 0.717) is 6.29 Å². The summed E-state index contributed by atoms with van der Waals surface area (Å²) in [5.74, 6) is -0.433. The zero-order chi connectivity index (χ0) is 13.7. The monoisotopic (exact) mass is 264 g/mol. The Labute approximate surface area is 102 Å². The highest BCUT2D eigenvalue weighted by atomic mass is 31.2. The van der Waals surface area contributed by atoms with Crippen molar-refractivity contribution < 1.29 is 23.2 Å². The van der Waals surface area contributed by atoms with Crippen LogP contribution in [0.4, 0.5) is 0 Å². The van der Waals surface area contributed by atoms with Gasteiger partial charge in [-0.2, -0.15) is 0 Å². The number of carbonyl (C=O) groups is 2. The first kappa shape index (κ1) is 16.5. The van der Waals surface area contributed by atoms with Crippen LogP contribution in [-0.4, -0.2) is 30.9 Å². The molecular formula is C11H21O5P. The Kier molecular flexibility index (Phi) is 6.24. The summed E-state index contributed by atoms with van der Waals surface area (Å²) in [6, 6.07) is 0. The van der Waals surface area contributed by atoms with E-state index in [1.165, 1.54) is 0 Å². The van der Waals surface area contributed by atoms with E-state index in [0.717, 1.165) is 0 Å². The van der Waals surface area contributed by atoms with E-state index in [4.69, 9.17) is 9.05 Å². The van der Waals surface area contributed by atoms with Gasteiger partial charge in [0.2, 0.25) is 0 Å². The van der Waals surface area contributed by atoms with Crippen molar-refractivity contribution in [2.45, 2.75) is 40.3 Å². The topological polar surface area (TPSA) is 69.7 Å². The third-order valence-electron chi connectivity index (χ3n) is 2.10. The standard InChI is InChI=1S/C11H21O5P/c1-6-15-17(14,16-7-2)9(8-12)10(13)11(3,4)5/h8-9H,6-7H2,1-5H3. The van der Waals surface area contributed by atoms with Gasteiger partial charge in [0.05, 0.1) is 13.2 Å². The third kappa shape index (κ3) is 4.34. The molecule has 17 heavy (non-hydrogen) atoms. The van der Waals surface area contributed by atoms with Gasteiger partial charge in [-0.1, -0.05) is 20.8 Å². The lowest BCUT2D eigenvalue weighted by molar-refractivity contribution is -0.128. The first-order chi connectivity index (χ1) is 7.72. The van der Waals surface area contributed by atoms with E-state index in [1.54, 1.807) is 34.6 Å². The zero-order valence-electron chi connectivity index (χ0n) is 11.1. The van der Waals surface area contributed by atoms with Crippen molar-refractivity contribution in [1.29, 1.82) is 0 Å². The van der Waals surface area contributed by atoms with E-state index in [9.17, 15) is 14.2 Å². The lowest BCUT2D eigenvalue weighted by Gasteiger charge is -2.26. The number of rotatable bonds is 7. The van der Waals surface area contributed by atoms with Gasteiger partial charge in [-0.05, 0) is 13.8 Å². The highest BCUT2D eigenvalue weighted by Crippen LogP contribution is 2.53. The average Bonchev–Trinajstić information content (AvgIpc) is 2.17. The van der Waals surface area contributed by atoms with Crippen LogP contribution in [0.3, 0.4) is 0 Å². The van der Waals surface area contributed by atoms with Gasteiger partial charge >= 0.3 is 7.60 Å². The fourth-order valence-corrected chi connectivity index (χ4v) is 3.22.